The van der Waals surface area contributed by atoms with E-state index in [1.165, 1.54) is 0 Å². The van der Waals surface area contributed by atoms with Crippen molar-refractivity contribution < 1.29 is 20.1 Å². The van der Waals surface area contributed by atoms with Gasteiger partial charge in [0.1, 0.15) is 0 Å². The molecule has 1 rings (SSSR count). The standard InChI is InChI=1S/C8H14O4/c9-3-5-1-2-6(4-10)7(5)8(11)12/h5-7,9-10H,1-4H2,(H,11,12)/t5-,6?,7-/m1/s1. The molecule has 1 fully saturated rings. The Kier molecular flexibility index (Phi) is 3.05. The summed E-state index contributed by atoms with van der Waals surface area (Å²) >= 11 is 0. The highest BCUT2D eigenvalue weighted by Gasteiger charge is 2.40. The largest absolute Gasteiger partial charge is 0.481 e. The first-order valence-corrected chi connectivity index (χ1v) is 4.15. The molecule has 4 nitrogen and oxygen atoms in total. The summed E-state index contributed by atoms with van der Waals surface area (Å²) in [6.07, 6.45) is 1.41. The number of aliphatic carboxylic acids is 1. The molecule has 1 unspecified atom stereocenters. The lowest BCUT2D eigenvalue weighted by Gasteiger charge is -2.17. The van der Waals surface area contributed by atoms with Crippen molar-refractivity contribution in [1.82, 2.24) is 0 Å². The molecule has 1 aliphatic rings. The van der Waals surface area contributed by atoms with Crippen LogP contribution in [-0.2, 0) is 4.79 Å². The Labute approximate surface area is 70.8 Å². The maximum absolute atomic E-state index is 10.7. The number of hydrogen-bond acceptors (Lipinski definition) is 3. The van der Waals surface area contributed by atoms with Crippen LogP contribution in [0.2, 0.25) is 0 Å². The minimum Gasteiger partial charge on any atom is -0.481 e. The van der Waals surface area contributed by atoms with Gasteiger partial charge in [0.25, 0.3) is 0 Å². The Hall–Kier alpha value is -0.610. The van der Waals surface area contributed by atoms with Crippen LogP contribution < -0.4 is 0 Å². The third kappa shape index (κ3) is 1.59. The molecule has 0 bridgehead atoms. The number of rotatable bonds is 3. The van der Waals surface area contributed by atoms with Gasteiger partial charge in [-0.2, -0.15) is 0 Å². The number of carboxylic acids is 1. The Morgan fingerprint density at radius 3 is 1.83 bits per heavy atom. The van der Waals surface area contributed by atoms with Crippen LogP contribution in [0.5, 0.6) is 0 Å². The molecule has 0 saturated heterocycles. The van der Waals surface area contributed by atoms with Crippen molar-refractivity contribution in [2.45, 2.75) is 12.8 Å². The van der Waals surface area contributed by atoms with Gasteiger partial charge in [-0.15, -0.1) is 0 Å². The normalized spacial score (nSPS) is 35.3. The molecule has 3 atom stereocenters. The summed E-state index contributed by atoms with van der Waals surface area (Å²) in [4.78, 5) is 10.7. The van der Waals surface area contributed by atoms with E-state index in [2.05, 4.69) is 0 Å². The van der Waals surface area contributed by atoms with E-state index in [0.717, 1.165) is 0 Å². The highest BCUT2D eigenvalue weighted by molar-refractivity contribution is 5.71. The van der Waals surface area contributed by atoms with E-state index in [-0.39, 0.29) is 25.0 Å². The maximum Gasteiger partial charge on any atom is 0.307 e. The van der Waals surface area contributed by atoms with E-state index in [1.807, 2.05) is 0 Å². The molecule has 70 valence electrons. The van der Waals surface area contributed by atoms with Crippen LogP contribution in [0.4, 0.5) is 0 Å². The highest BCUT2D eigenvalue weighted by atomic mass is 16.4. The molecule has 0 aliphatic heterocycles. The fraction of sp³-hybridized carbons (Fsp3) is 0.875. The molecule has 0 aromatic carbocycles. The van der Waals surface area contributed by atoms with Gasteiger partial charge in [-0.1, -0.05) is 0 Å². The van der Waals surface area contributed by atoms with Crippen molar-refractivity contribution in [3.05, 3.63) is 0 Å². The van der Waals surface area contributed by atoms with Gasteiger partial charge in [-0.25, -0.2) is 0 Å². The summed E-state index contributed by atoms with van der Waals surface area (Å²) in [7, 11) is 0. The monoisotopic (exact) mass is 174 g/mol. The highest BCUT2D eigenvalue weighted by Crippen LogP contribution is 2.36. The Balaban J connectivity index is 2.65. The third-order valence-corrected chi connectivity index (χ3v) is 2.68. The molecule has 0 radical (unpaired) electrons. The topological polar surface area (TPSA) is 77.8 Å². The van der Waals surface area contributed by atoms with E-state index in [9.17, 15) is 4.79 Å². The minimum atomic E-state index is -0.898. The molecule has 0 spiro atoms. The zero-order chi connectivity index (χ0) is 9.14. The van der Waals surface area contributed by atoms with Crippen LogP contribution in [-0.4, -0.2) is 34.5 Å². The first kappa shape index (κ1) is 9.48. The van der Waals surface area contributed by atoms with E-state index >= 15 is 0 Å². The first-order valence-electron chi connectivity index (χ1n) is 4.15. The summed E-state index contributed by atoms with van der Waals surface area (Å²) < 4.78 is 0. The van der Waals surface area contributed by atoms with Crippen molar-refractivity contribution in [2.75, 3.05) is 13.2 Å². The quantitative estimate of drug-likeness (QED) is 0.549. The summed E-state index contributed by atoms with van der Waals surface area (Å²) in [5, 5.41) is 26.5. The van der Waals surface area contributed by atoms with E-state index in [4.69, 9.17) is 15.3 Å². The Morgan fingerprint density at radius 2 is 1.58 bits per heavy atom. The van der Waals surface area contributed by atoms with E-state index < -0.39 is 11.9 Å². The van der Waals surface area contributed by atoms with Crippen molar-refractivity contribution >= 4 is 5.97 Å². The molecule has 0 aromatic rings. The van der Waals surface area contributed by atoms with Crippen LogP contribution in [0.1, 0.15) is 12.8 Å². The van der Waals surface area contributed by atoms with Crippen molar-refractivity contribution in [2.24, 2.45) is 17.8 Å². The number of carbonyl (C=O) groups is 1. The predicted molar refractivity (Wildman–Crippen MR) is 41.5 cm³/mol. The van der Waals surface area contributed by atoms with Gasteiger partial charge in [0.15, 0.2) is 0 Å². The second kappa shape index (κ2) is 3.87. The molecule has 3 N–H and O–H groups in total. The lowest BCUT2D eigenvalue weighted by molar-refractivity contribution is -0.145. The second-order valence-corrected chi connectivity index (χ2v) is 3.33. The zero-order valence-electron chi connectivity index (χ0n) is 6.81. The number of aliphatic hydroxyl groups is 2. The molecule has 1 aliphatic carbocycles. The van der Waals surface area contributed by atoms with E-state index in [1.54, 1.807) is 0 Å². The average Bonchev–Trinajstić information content (AvgIpc) is 2.46. The zero-order valence-corrected chi connectivity index (χ0v) is 6.81. The molecule has 0 heterocycles. The van der Waals surface area contributed by atoms with Crippen molar-refractivity contribution in [3.63, 3.8) is 0 Å². The van der Waals surface area contributed by atoms with Gasteiger partial charge in [-0.05, 0) is 24.7 Å². The van der Waals surface area contributed by atoms with Crippen LogP contribution in [0.25, 0.3) is 0 Å². The Morgan fingerprint density at radius 1 is 1.17 bits per heavy atom. The van der Waals surface area contributed by atoms with Gasteiger partial charge in [0.05, 0.1) is 5.92 Å². The van der Waals surface area contributed by atoms with Crippen molar-refractivity contribution in [3.8, 4) is 0 Å². The van der Waals surface area contributed by atoms with Gasteiger partial charge >= 0.3 is 5.97 Å². The fourth-order valence-corrected chi connectivity index (χ4v) is 1.99. The van der Waals surface area contributed by atoms with Gasteiger partial charge < -0.3 is 15.3 Å². The van der Waals surface area contributed by atoms with Gasteiger partial charge in [0, 0.05) is 13.2 Å². The number of carboxylic acid groups (broad SMARTS) is 1. The van der Waals surface area contributed by atoms with Crippen molar-refractivity contribution in [1.29, 1.82) is 0 Å². The smallest absolute Gasteiger partial charge is 0.307 e. The SMILES string of the molecule is O=C(O)[C@H]1C(CO)CC[C@@H]1CO. The van der Waals surface area contributed by atoms with Crippen LogP contribution in [0, 0.1) is 17.8 Å². The first-order chi connectivity index (χ1) is 5.70. The molecule has 4 heteroatoms. The van der Waals surface area contributed by atoms with Crippen LogP contribution in [0.15, 0.2) is 0 Å². The summed E-state index contributed by atoms with van der Waals surface area (Å²) in [5.74, 6) is -1.79. The van der Waals surface area contributed by atoms with E-state index in [0.29, 0.717) is 12.8 Å². The maximum atomic E-state index is 10.7. The molecule has 12 heavy (non-hydrogen) atoms. The molecular formula is C8H14O4. The number of hydrogen-bond donors (Lipinski definition) is 3. The fourth-order valence-electron chi connectivity index (χ4n) is 1.99. The summed E-state index contributed by atoms with van der Waals surface area (Å²) in [5.41, 5.74) is 0. The molecule has 0 aromatic heterocycles. The second-order valence-electron chi connectivity index (χ2n) is 3.33. The average molecular weight is 174 g/mol. The lowest BCUT2D eigenvalue weighted by Crippen LogP contribution is -2.28. The Bertz CT molecular complexity index is 156. The van der Waals surface area contributed by atoms with Gasteiger partial charge in [-0.3, -0.25) is 4.79 Å². The summed E-state index contributed by atoms with van der Waals surface area (Å²) in [6, 6.07) is 0. The van der Waals surface area contributed by atoms with Gasteiger partial charge in [0.2, 0.25) is 0 Å². The lowest BCUT2D eigenvalue weighted by atomic mass is 9.90. The number of aliphatic hydroxyl groups excluding tert-OH is 2. The molecule has 0 amide bonds. The third-order valence-electron chi connectivity index (χ3n) is 2.68. The molecular weight excluding hydrogens is 160 g/mol. The predicted octanol–water partition coefficient (Wildman–Crippen LogP) is -0.302. The van der Waals surface area contributed by atoms with Crippen LogP contribution in [0.3, 0.4) is 0 Å². The summed E-state index contributed by atoms with van der Waals surface area (Å²) in [6.45, 7) is -0.180. The minimum absolute atomic E-state index is 0.0898. The van der Waals surface area contributed by atoms with Crippen LogP contribution >= 0.6 is 0 Å². The molecule has 1 saturated carbocycles.